The number of esters is 1. The van der Waals surface area contributed by atoms with Crippen LogP contribution >= 0.6 is 0 Å². The van der Waals surface area contributed by atoms with Crippen LogP contribution in [0.1, 0.15) is 35.3 Å². The summed E-state index contributed by atoms with van der Waals surface area (Å²) < 4.78 is 25.8. The third-order valence-electron chi connectivity index (χ3n) is 4.84. The van der Waals surface area contributed by atoms with Gasteiger partial charge in [0.05, 0.1) is 32.5 Å². The maximum absolute atomic E-state index is 13.9. The highest BCUT2D eigenvalue weighted by Gasteiger charge is 2.35. The Kier molecular flexibility index (Phi) is 4.87. The van der Waals surface area contributed by atoms with Crippen LogP contribution < -0.4 is 9.64 Å². The van der Waals surface area contributed by atoms with Crippen molar-refractivity contribution in [2.24, 2.45) is 0 Å². The van der Waals surface area contributed by atoms with Crippen molar-refractivity contribution in [1.82, 2.24) is 14.6 Å². The van der Waals surface area contributed by atoms with Crippen molar-refractivity contribution < 1.29 is 23.5 Å². The Morgan fingerprint density at radius 3 is 2.93 bits per heavy atom. The molecule has 1 fully saturated rings. The van der Waals surface area contributed by atoms with E-state index in [0.29, 0.717) is 22.8 Å². The summed E-state index contributed by atoms with van der Waals surface area (Å²) in [7, 11) is 1.50. The molecule has 0 aliphatic carbocycles. The Hall–Kier alpha value is -3.49. The number of halogens is 1. The zero-order valence-electron chi connectivity index (χ0n) is 16.0. The van der Waals surface area contributed by atoms with Crippen molar-refractivity contribution in [2.45, 2.75) is 19.4 Å². The second kappa shape index (κ2) is 7.50. The zero-order chi connectivity index (χ0) is 20.5. The van der Waals surface area contributed by atoms with E-state index >= 15 is 0 Å². The second-order valence-electron chi connectivity index (χ2n) is 6.61. The van der Waals surface area contributed by atoms with Gasteiger partial charge in [0.25, 0.3) is 0 Å². The molecule has 9 heteroatoms. The van der Waals surface area contributed by atoms with E-state index in [9.17, 15) is 14.0 Å². The lowest BCUT2D eigenvalue weighted by molar-refractivity contribution is -0.116. The average Bonchev–Trinajstić information content (AvgIpc) is 3.31. The van der Waals surface area contributed by atoms with Gasteiger partial charge in [0, 0.05) is 18.2 Å². The van der Waals surface area contributed by atoms with Crippen LogP contribution in [0, 0.1) is 5.82 Å². The summed E-state index contributed by atoms with van der Waals surface area (Å²) >= 11 is 0. The molecule has 3 aromatic rings. The molecule has 0 radical (unpaired) electrons. The highest BCUT2D eigenvalue weighted by atomic mass is 19.1. The second-order valence-corrected chi connectivity index (χ2v) is 6.61. The number of ketones is 1. The van der Waals surface area contributed by atoms with Crippen molar-refractivity contribution in [3.8, 4) is 5.75 Å². The van der Waals surface area contributed by atoms with Gasteiger partial charge >= 0.3 is 5.97 Å². The van der Waals surface area contributed by atoms with Crippen LogP contribution in [-0.4, -0.2) is 46.6 Å². The van der Waals surface area contributed by atoms with Crippen LogP contribution in [0.3, 0.4) is 0 Å². The number of anilines is 1. The first-order valence-electron chi connectivity index (χ1n) is 9.15. The van der Waals surface area contributed by atoms with Crippen LogP contribution in [-0.2, 0) is 9.53 Å². The highest BCUT2D eigenvalue weighted by molar-refractivity contribution is 5.96. The number of nitrogens with zero attached hydrogens (tertiary/aromatic N) is 4. The maximum atomic E-state index is 13.9. The molecule has 0 saturated carbocycles. The van der Waals surface area contributed by atoms with E-state index in [2.05, 4.69) is 10.1 Å². The van der Waals surface area contributed by atoms with Crippen molar-refractivity contribution in [2.75, 3.05) is 25.2 Å². The molecule has 150 valence electrons. The first-order valence-corrected chi connectivity index (χ1v) is 9.15. The van der Waals surface area contributed by atoms with Crippen LogP contribution in [0.4, 0.5) is 10.2 Å². The lowest BCUT2D eigenvalue weighted by Crippen LogP contribution is -2.25. The molecule has 2 aromatic heterocycles. The van der Waals surface area contributed by atoms with E-state index < -0.39 is 17.8 Å². The SMILES string of the molecule is CCOC(=O)c1cnn2ccc(N3CC(=O)CC3c3cc(F)ccc3OC)nc12. The summed E-state index contributed by atoms with van der Waals surface area (Å²) in [5, 5.41) is 4.12. The third kappa shape index (κ3) is 3.39. The quantitative estimate of drug-likeness (QED) is 0.611. The summed E-state index contributed by atoms with van der Waals surface area (Å²) in [5.41, 5.74) is 1.13. The first kappa shape index (κ1) is 18.9. The van der Waals surface area contributed by atoms with Gasteiger partial charge in [-0.05, 0) is 31.2 Å². The Balaban J connectivity index is 1.77. The largest absolute Gasteiger partial charge is 0.496 e. The summed E-state index contributed by atoms with van der Waals surface area (Å²) in [5.74, 6) is 0.0402. The van der Waals surface area contributed by atoms with Gasteiger partial charge in [0.1, 0.15) is 22.9 Å². The van der Waals surface area contributed by atoms with Gasteiger partial charge < -0.3 is 14.4 Å². The summed E-state index contributed by atoms with van der Waals surface area (Å²) in [6.45, 7) is 2.07. The van der Waals surface area contributed by atoms with Crippen molar-refractivity contribution in [3.05, 3.63) is 53.6 Å². The van der Waals surface area contributed by atoms with Gasteiger partial charge in [-0.15, -0.1) is 0 Å². The van der Waals surface area contributed by atoms with Crippen molar-refractivity contribution in [3.63, 3.8) is 0 Å². The summed E-state index contributed by atoms with van der Waals surface area (Å²) in [6, 6.07) is 5.49. The predicted octanol–water partition coefficient (Wildman–Crippen LogP) is 2.57. The molecule has 4 rings (SSSR count). The fraction of sp³-hybridized carbons (Fsp3) is 0.300. The molecule has 0 N–H and O–H groups in total. The predicted molar refractivity (Wildman–Crippen MR) is 102 cm³/mol. The van der Waals surface area contributed by atoms with Gasteiger partial charge in [0.15, 0.2) is 11.4 Å². The number of fused-ring (bicyclic) bond motifs is 1. The third-order valence-corrected chi connectivity index (χ3v) is 4.84. The fourth-order valence-electron chi connectivity index (χ4n) is 3.55. The minimum absolute atomic E-state index is 0.00196. The highest BCUT2D eigenvalue weighted by Crippen LogP contribution is 2.38. The number of hydrogen-bond acceptors (Lipinski definition) is 7. The van der Waals surface area contributed by atoms with Gasteiger partial charge in [-0.3, -0.25) is 4.79 Å². The Morgan fingerprint density at radius 1 is 1.34 bits per heavy atom. The minimum atomic E-state index is -0.520. The summed E-state index contributed by atoms with van der Waals surface area (Å²) in [4.78, 5) is 30.8. The maximum Gasteiger partial charge on any atom is 0.343 e. The lowest BCUT2D eigenvalue weighted by Gasteiger charge is -2.26. The molecule has 0 spiro atoms. The molecule has 29 heavy (non-hydrogen) atoms. The minimum Gasteiger partial charge on any atom is -0.496 e. The number of ether oxygens (including phenoxy) is 2. The number of methoxy groups -OCH3 is 1. The number of carbonyl (C=O) groups is 2. The van der Waals surface area contributed by atoms with Crippen LogP contribution in [0.5, 0.6) is 5.75 Å². The number of benzene rings is 1. The molecule has 1 unspecified atom stereocenters. The smallest absolute Gasteiger partial charge is 0.343 e. The monoisotopic (exact) mass is 398 g/mol. The molecule has 1 aromatic carbocycles. The number of carbonyl (C=O) groups excluding carboxylic acids is 2. The van der Waals surface area contributed by atoms with Crippen LogP contribution in [0.15, 0.2) is 36.7 Å². The van der Waals surface area contributed by atoms with E-state index in [1.54, 1.807) is 24.1 Å². The van der Waals surface area contributed by atoms with Gasteiger partial charge in [-0.2, -0.15) is 5.10 Å². The molecule has 1 aliphatic heterocycles. The normalized spacial score (nSPS) is 16.4. The number of rotatable bonds is 5. The molecule has 3 heterocycles. The van der Waals surface area contributed by atoms with Crippen molar-refractivity contribution >= 4 is 23.2 Å². The number of hydrogen-bond donors (Lipinski definition) is 0. The average molecular weight is 398 g/mol. The molecular weight excluding hydrogens is 379 g/mol. The Labute approximate surface area is 165 Å². The molecule has 1 atom stereocenters. The molecule has 1 aliphatic rings. The topological polar surface area (TPSA) is 86.0 Å². The van der Waals surface area contributed by atoms with E-state index in [-0.39, 0.29) is 30.9 Å². The van der Waals surface area contributed by atoms with Crippen LogP contribution in [0.2, 0.25) is 0 Å². The molecule has 0 amide bonds. The fourth-order valence-corrected chi connectivity index (χ4v) is 3.55. The van der Waals surface area contributed by atoms with Gasteiger partial charge in [0.2, 0.25) is 0 Å². The molecule has 0 bridgehead atoms. The van der Waals surface area contributed by atoms with E-state index in [0.717, 1.165) is 0 Å². The molecule has 8 nitrogen and oxygen atoms in total. The van der Waals surface area contributed by atoms with E-state index in [1.807, 2.05) is 0 Å². The molecular formula is C20H19FN4O4. The molecule has 1 saturated heterocycles. The van der Waals surface area contributed by atoms with Gasteiger partial charge in [-0.25, -0.2) is 18.7 Å². The Morgan fingerprint density at radius 2 is 2.17 bits per heavy atom. The standard InChI is InChI=1S/C20H19FN4O4/c1-3-29-20(27)15-10-22-25-7-6-18(23-19(15)25)24-11-13(26)9-16(24)14-8-12(21)4-5-17(14)28-2/h4-8,10,16H,3,9,11H2,1-2H3. The van der Waals surface area contributed by atoms with Gasteiger partial charge in [-0.1, -0.05) is 0 Å². The Bertz CT molecular complexity index is 1100. The number of aromatic nitrogens is 3. The van der Waals surface area contributed by atoms with E-state index in [1.165, 1.54) is 36.0 Å². The summed E-state index contributed by atoms with van der Waals surface area (Å²) in [6.07, 6.45) is 3.26. The van der Waals surface area contributed by atoms with Crippen LogP contribution in [0.25, 0.3) is 5.65 Å². The van der Waals surface area contributed by atoms with E-state index in [4.69, 9.17) is 9.47 Å². The van der Waals surface area contributed by atoms with Crippen molar-refractivity contribution in [1.29, 1.82) is 0 Å². The zero-order valence-corrected chi connectivity index (χ0v) is 16.0. The first-order chi connectivity index (χ1) is 14.0. The number of Topliss-reactive ketones (excluding diaryl/α,β-unsaturated/α-hetero) is 1. The lowest BCUT2D eigenvalue weighted by atomic mass is 10.0.